The summed E-state index contributed by atoms with van der Waals surface area (Å²) < 4.78 is 5.56. The van der Waals surface area contributed by atoms with Crippen molar-refractivity contribution >= 4 is 17.2 Å². The number of likely N-dealkylation sites (tertiary alicyclic amines) is 1. The molecule has 1 atom stereocenters. The first-order valence-corrected chi connectivity index (χ1v) is 9.80. The van der Waals surface area contributed by atoms with Crippen LogP contribution >= 0.6 is 11.3 Å². The summed E-state index contributed by atoms with van der Waals surface area (Å²) in [5.74, 6) is 1.19. The van der Waals surface area contributed by atoms with E-state index in [0.29, 0.717) is 18.1 Å². The van der Waals surface area contributed by atoms with Crippen LogP contribution in [0.2, 0.25) is 0 Å². The van der Waals surface area contributed by atoms with Crippen LogP contribution in [0.3, 0.4) is 0 Å². The Kier molecular flexibility index (Phi) is 5.06. The summed E-state index contributed by atoms with van der Waals surface area (Å²) in [6, 6.07) is 5.55. The molecular formula is C19H20N4O2S. The highest BCUT2D eigenvalue weighted by atomic mass is 32.1. The van der Waals surface area contributed by atoms with Gasteiger partial charge < -0.3 is 9.42 Å². The van der Waals surface area contributed by atoms with E-state index in [9.17, 15) is 4.79 Å². The van der Waals surface area contributed by atoms with Crippen molar-refractivity contribution in [2.24, 2.45) is 0 Å². The van der Waals surface area contributed by atoms with Gasteiger partial charge in [0.05, 0.1) is 6.42 Å². The molecule has 0 aliphatic carbocycles. The highest BCUT2D eigenvalue weighted by Gasteiger charge is 2.31. The summed E-state index contributed by atoms with van der Waals surface area (Å²) >= 11 is 1.61. The number of rotatable bonds is 4. The molecule has 1 aliphatic heterocycles. The molecule has 134 valence electrons. The van der Waals surface area contributed by atoms with Crippen LogP contribution in [-0.2, 0) is 11.2 Å². The molecule has 1 saturated heterocycles. The van der Waals surface area contributed by atoms with E-state index in [1.54, 1.807) is 23.7 Å². The zero-order valence-corrected chi connectivity index (χ0v) is 15.2. The first-order valence-electron chi connectivity index (χ1n) is 8.86. The number of carbonyl (C=O) groups excluding carboxylic acids is 1. The Morgan fingerprint density at radius 1 is 1.23 bits per heavy atom. The van der Waals surface area contributed by atoms with Crippen molar-refractivity contribution in [2.45, 2.75) is 38.1 Å². The lowest BCUT2D eigenvalue weighted by atomic mass is 10.1. The third-order valence-electron chi connectivity index (χ3n) is 4.67. The lowest BCUT2D eigenvalue weighted by Gasteiger charge is -2.27. The largest absolute Gasteiger partial charge is 0.337 e. The summed E-state index contributed by atoms with van der Waals surface area (Å²) in [6.07, 6.45) is 7.86. The molecule has 0 saturated carbocycles. The Labute approximate surface area is 155 Å². The minimum absolute atomic E-state index is 0.124. The zero-order valence-electron chi connectivity index (χ0n) is 14.4. The van der Waals surface area contributed by atoms with E-state index >= 15 is 0 Å². The molecule has 7 heteroatoms. The minimum Gasteiger partial charge on any atom is -0.337 e. The normalized spacial score (nSPS) is 17.8. The number of aromatic nitrogens is 3. The van der Waals surface area contributed by atoms with Gasteiger partial charge in [-0.15, -0.1) is 0 Å². The van der Waals surface area contributed by atoms with E-state index < -0.39 is 0 Å². The van der Waals surface area contributed by atoms with Crippen molar-refractivity contribution in [3.05, 3.63) is 52.8 Å². The maximum atomic E-state index is 12.9. The van der Waals surface area contributed by atoms with Gasteiger partial charge in [0.1, 0.15) is 6.04 Å². The smallest absolute Gasteiger partial charge is 0.249 e. The van der Waals surface area contributed by atoms with Crippen LogP contribution in [-0.4, -0.2) is 32.5 Å². The molecule has 26 heavy (non-hydrogen) atoms. The predicted molar refractivity (Wildman–Crippen MR) is 98.5 cm³/mol. The Morgan fingerprint density at radius 3 is 2.92 bits per heavy atom. The molecule has 0 aromatic carbocycles. The first-order chi connectivity index (χ1) is 12.8. The highest BCUT2D eigenvalue weighted by Crippen LogP contribution is 2.31. The molecular weight excluding hydrogens is 348 g/mol. The summed E-state index contributed by atoms with van der Waals surface area (Å²) in [5, 5.41) is 8.14. The lowest BCUT2D eigenvalue weighted by molar-refractivity contribution is -0.133. The fraction of sp³-hybridized carbons (Fsp3) is 0.368. The topological polar surface area (TPSA) is 72.1 Å². The second kappa shape index (κ2) is 7.78. The molecule has 1 fully saturated rings. The van der Waals surface area contributed by atoms with Crippen molar-refractivity contribution in [1.29, 1.82) is 0 Å². The molecule has 0 radical (unpaired) electrons. The van der Waals surface area contributed by atoms with E-state index in [2.05, 4.69) is 15.1 Å². The van der Waals surface area contributed by atoms with Crippen molar-refractivity contribution in [3.8, 4) is 11.4 Å². The van der Waals surface area contributed by atoms with Crippen LogP contribution in [0, 0.1) is 0 Å². The van der Waals surface area contributed by atoms with Crippen LogP contribution in [0.15, 0.2) is 45.9 Å². The average Bonchev–Trinajstić information content (AvgIpc) is 3.30. The monoisotopic (exact) mass is 368 g/mol. The molecule has 0 N–H and O–H groups in total. The molecule has 1 aliphatic rings. The van der Waals surface area contributed by atoms with Gasteiger partial charge in [0.2, 0.25) is 17.6 Å². The number of nitrogens with zero attached hydrogens (tertiary/aromatic N) is 4. The fourth-order valence-corrected chi connectivity index (χ4v) is 3.99. The predicted octanol–water partition coefficient (Wildman–Crippen LogP) is 3.88. The molecule has 3 aromatic rings. The molecule has 4 rings (SSSR count). The van der Waals surface area contributed by atoms with Crippen molar-refractivity contribution in [1.82, 2.24) is 20.0 Å². The fourth-order valence-electron chi connectivity index (χ4n) is 3.32. The Bertz CT molecular complexity index is 848. The number of thiophene rings is 1. The van der Waals surface area contributed by atoms with E-state index in [1.165, 1.54) is 0 Å². The number of hydrogen-bond donors (Lipinski definition) is 0. The summed E-state index contributed by atoms with van der Waals surface area (Å²) in [5.41, 5.74) is 1.92. The van der Waals surface area contributed by atoms with Crippen LogP contribution in [0.5, 0.6) is 0 Å². The maximum absolute atomic E-state index is 12.9. The van der Waals surface area contributed by atoms with Gasteiger partial charge in [0, 0.05) is 24.5 Å². The van der Waals surface area contributed by atoms with Crippen LogP contribution in [0.4, 0.5) is 0 Å². The van der Waals surface area contributed by atoms with E-state index in [1.807, 2.05) is 33.9 Å². The van der Waals surface area contributed by atoms with Crippen molar-refractivity contribution in [2.75, 3.05) is 6.54 Å². The van der Waals surface area contributed by atoms with Crippen LogP contribution in [0.25, 0.3) is 11.4 Å². The van der Waals surface area contributed by atoms with Crippen molar-refractivity contribution in [3.63, 3.8) is 0 Å². The third-order valence-corrected chi connectivity index (χ3v) is 5.41. The maximum Gasteiger partial charge on any atom is 0.249 e. The highest BCUT2D eigenvalue weighted by molar-refractivity contribution is 7.08. The molecule has 0 bridgehead atoms. The summed E-state index contributed by atoms with van der Waals surface area (Å²) in [7, 11) is 0. The molecule has 1 amide bonds. The SMILES string of the molecule is O=C(Cc1ccsc1)N1CCCCCC1c1nc(-c2ccncc2)no1. The Balaban J connectivity index is 1.57. The van der Waals surface area contributed by atoms with E-state index in [4.69, 9.17) is 4.52 Å². The minimum atomic E-state index is -0.147. The van der Waals surface area contributed by atoms with Crippen LogP contribution in [0.1, 0.15) is 43.2 Å². The lowest BCUT2D eigenvalue weighted by Crippen LogP contribution is -2.36. The average molecular weight is 368 g/mol. The second-order valence-corrected chi connectivity index (χ2v) is 7.23. The summed E-state index contributed by atoms with van der Waals surface area (Å²) in [4.78, 5) is 23.4. The quantitative estimate of drug-likeness (QED) is 0.699. The summed E-state index contributed by atoms with van der Waals surface area (Å²) in [6.45, 7) is 0.737. The molecule has 1 unspecified atom stereocenters. The Hall–Kier alpha value is -2.54. The second-order valence-electron chi connectivity index (χ2n) is 6.45. The van der Waals surface area contributed by atoms with E-state index in [0.717, 1.165) is 43.4 Å². The standard InChI is InChI=1S/C19H20N4O2S/c24-17(12-14-7-11-26-13-14)23-10-3-1-2-4-16(23)19-21-18(22-25-19)15-5-8-20-9-6-15/h5-9,11,13,16H,1-4,10,12H2. The first kappa shape index (κ1) is 16.9. The third kappa shape index (κ3) is 3.67. The van der Waals surface area contributed by atoms with Gasteiger partial charge in [-0.25, -0.2) is 0 Å². The zero-order chi connectivity index (χ0) is 17.8. The van der Waals surface area contributed by atoms with Gasteiger partial charge >= 0.3 is 0 Å². The number of pyridine rings is 1. The molecule has 3 aromatic heterocycles. The Morgan fingerprint density at radius 2 is 2.12 bits per heavy atom. The number of hydrogen-bond acceptors (Lipinski definition) is 6. The molecule has 6 nitrogen and oxygen atoms in total. The van der Waals surface area contributed by atoms with Gasteiger partial charge in [0.15, 0.2) is 0 Å². The number of carbonyl (C=O) groups is 1. The van der Waals surface area contributed by atoms with Crippen molar-refractivity contribution < 1.29 is 9.32 Å². The molecule has 0 spiro atoms. The van der Waals surface area contributed by atoms with E-state index in [-0.39, 0.29) is 11.9 Å². The van der Waals surface area contributed by atoms with Gasteiger partial charge in [-0.05, 0) is 47.4 Å². The van der Waals surface area contributed by atoms with Gasteiger partial charge in [-0.3, -0.25) is 9.78 Å². The van der Waals surface area contributed by atoms with Gasteiger partial charge in [-0.1, -0.05) is 18.0 Å². The van der Waals surface area contributed by atoms with Gasteiger partial charge in [0.25, 0.3) is 0 Å². The number of amides is 1. The molecule has 4 heterocycles. The van der Waals surface area contributed by atoms with Gasteiger partial charge in [-0.2, -0.15) is 16.3 Å². The van der Waals surface area contributed by atoms with Crippen LogP contribution < -0.4 is 0 Å².